The van der Waals surface area contributed by atoms with Crippen LogP contribution in [0.3, 0.4) is 0 Å². The summed E-state index contributed by atoms with van der Waals surface area (Å²) in [5, 5.41) is 20.2. The van der Waals surface area contributed by atoms with E-state index in [1.54, 1.807) is 5.57 Å². The molecule has 2 nitrogen and oxygen atoms in total. The van der Waals surface area contributed by atoms with Crippen molar-refractivity contribution in [3.63, 3.8) is 0 Å². The maximum atomic E-state index is 10.2. The van der Waals surface area contributed by atoms with Crippen molar-refractivity contribution in [1.82, 2.24) is 0 Å². The van der Waals surface area contributed by atoms with E-state index in [0.717, 1.165) is 37.5 Å². The van der Waals surface area contributed by atoms with E-state index in [9.17, 15) is 10.2 Å². The molecule has 170 valence electrons. The summed E-state index contributed by atoms with van der Waals surface area (Å²) >= 11 is 0. The standard InChI is InChI=1S/C28H46O2/c1-19(9-7-15-27(4,5)30)25-13-14-26-22(10-8-16-28(25,26)6)11-12-23-18-24(29)17-20(2)21(23)3/h11-12,19-20,24-26,29-30H,3,7-10,13-18H2,1-2,4-6H3/b22-11+,23-12-/t19-,20?,24?,25?,26?,28?/m1/s1. The number of fused-ring (bicyclic) bond motifs is 1. The van der Waals surface area contributed by atoms with Gasteiger partial charge in [-0.15, -0.1) is 0 Å². The molecule has 0 aromatic rings. The molecule has 6 atom stereocenters. The van der Waals surface area contributed by atoms with Gasteiger partial charge in [0.15, 0.2) is 0 Å². The Bertz CT molecular complexity index is 679. The molecule has 0 aromatic heterocycles. The first-order valence-corrected chi connectivity index (χ1v) is 12.5. The lowest BCUT2D eigenvalue weighted by atomic mass is 9.60. The number of aliphatic hydroxyl groups is 2. The molecule has 0 aromatic carbocycles. The molecule has 0 radical (unpaired) electrons. The van der Waals surface area contributed by atoms with Gasteiger partial charge in [0.2, 0.25) is 0 Å². The normalized spacial score (nSPS) is 38.8. The van der Waals surface area contributed by atoms with Crippen molar-refractivity contribution in [3.8, 4) is 0 Å². The van der Waals surface area contributed by atoms with Crippen molar-refractivity contribution in [1.29, 1.82) is 0 Å². The second-order valence-corrected chi connectivity index (χ2v) is 11.7. The summed E-state index contributed by atoms with van der Waals surface area (Å²) in [6, 6.07) is 0. The van der Waals surface area contributed by atoms with Crippen LogP contribution in [0, 0.1) is 29.1 Å². The minimum Gasteiger partial charge on any atom is -0.393 e. The highest BCUT2D eigenvalue weighted by molar-refractivity contribution is 5.37. The van der Waals surface area contributed by atoms with E-state index >= 15 is 0 Å². The smallest absolute Gasteiger partial charge is 0.0591 e. The maximum Gasteiger partial charge on any atom is 0.0591 e. The van der Waals surface area contributed by atoms with E-state index in [1.807, 2.05) is 13.8 Å². The Morgan fingerprint density at radius 3 is 2.70 bits per heavy atom. The molecule has 3 aliphatic rings. The largest absolute Gasteiger partial charge is 0.393 e. The van der Waals surface area contributed by atoms with Crippen molar-refractivity contribution < 1.29 is 10.2 Å². The monoisotopic (exact) mass is 414 g/mol. The molecule has 3 saturated carbocycles. The molecule has 2 N–H and O–H groups in total. The first-order chi connectivity index (χ1) is 14.0. The number of hydrogen-bond donors (Lipinski definition) is 2. The van der Waals surface area contributed by atoms with E-state index in [1.165, 1.54) is 49.7 Å². The van der Waals surface area contributed by atoms with Gasteiger partial charge in [-0.05, 0) is 105 Å². The Morgan fingerprint density at radius 1 is 1.27 bits per heavy atom. The SMILES string of the molecule is C=C1/C(=C\C=C2/CCCC3(C)C2CCC3[C@H](C)CCCC(C)(C)O)CC(O)CC1C. The third kappa shape index (κ3) is 5.30. The Labute approximate surface area is 185 Å². The van der Waals surface area contributed by atoms with Gasteiger partial charge < -0.3 is 10.2 Å². The first-order valence-electron chi connectivity index (χ1n) is 12.5. The van der Waals surface area contributed by atoms with Crippen LogP contribution < -0.4 is 0 Å². The predicted molar refractivity (Wildman–Crippen MR) is 127 cm³/mol. The number of allylic oxidation sites excluding steroid dienone is 4. The van der Waals surface area contributed by atoms with Gasteiger partial charge in [0.05, 0.1) is 11.7 Å². The van der Waals surface area contributed by atoms with Crippen molar-refractivity contribution in [3.05, 3.63) is 35.5 Å². The van der Waals surface area contributed by atoms with Gasteiger partial charge >= 0.3 is 0 Å². The lowest BCUT2D eigenvalue weighted by molar-refractivity contribution is 0.0596. The predicted octanol–water partition coefficient (Wildman–Crippen LogP) is 6.98. The molecule has 3 rings (SSSR count). The molecule has 0 aliphatic heterocycles. The molecule has 0 heterocycles. The van der Waals surface area contributed by atoms with E-state index < -0.39 is 5.60 Å². The van der Waals surface area contributed by atoms with Crippen LogP contribution in [0.25, 0.3) is 0 Å². The molecular weight excluding hydrogens is 368 g/mol. The highest BCUT2D eigenvalue weighted by atomic mass is 16.3. The fourth-order valence-electron chi connectivity index (χ4n) is 6.99. The van der Waals surface area contributed by atoms with Gasteiger partial charge in [0, 0.05) is 0 Å². The fraction of sp³-hybridized carbons (Fsp3) is 0.786. The second-order valence-electron chi connectivity index (χ2n) is 11.7. The average molecular weight is 415 g/mol. The van der Waals surface area contributed by atoms with Crippen molar-refractivity contribution in [2.45, 2.75) is 111 Å². The number of rotatable bonds is 6. The lowest BCUT2D eigenvalue weighted by Gasteiger charge is -2.44. The molecule has 30 heavy (non-hydrogen) atoms. The minimum absolute atomic E-state index is 0.215. The molecule has 3 aliphatic carbocycles. The number of aliphatic hydroxyl groups excluding tert-OH is 1. The Kier molecular flexibility index (Phi) is 7.40. The second kappa shape index (κ2) is 9.33. The maximum absolute atomic E-state index is 10.2. The van der Waals surface area contributed by atoms with Gasteiger partial charge in [-0.25, -0.2) is 0 Å². The van der Waals surface area contributed by atoms with E-state index in [0.29, 0.717) is 17.3 Å². The highest BCUT2D eigenvalue weighted by Crippen LogP contribution is 2.60. The molecule has 5 unspecified atom stereocenters. The first kappa shape index (κ1) is 23.8. The molecule has 3 fully saturated rings. The van der Waals surface area contributed by atoms with Crippen LogP contribution in [0.5, 0.6) is 0 Å². The molecule has 0 spiro atoms. The van der Waals surface area contributed by atoms with Crippen LogP contribution in [0.1, 0.15) is 98.8 Å². The number of hydrogen-bond acceptors (Lipinski definition) is 2. The van der Waals surface area contributed by atoms with Crippen LogP contribution in [-0.4, -0.2) is 21.9 Å². The van der Waals surface area contributed by atoms with Crippen LogP contribution in [-0.2, 0) is 0 Å². The fourth-order valence-corrected chi connectivity index (χ4v) is 6.99. The molecule has 0 bridgehead atoms. The zero-order valence-electron chi connectivity index (χ0n) is 20.2. The zero-order valence-corrected chi connectivity index (χ0v) is 20.2. The summed E-state index contributed by atoms with van der Waals surface area (Å²) in [5.74, 6) is 2.63. The molecule has 2 heteroatoms. The van der Waals surface area contributed by atoms with E-state index in [4.69, 9.17) is 0 Å². The zero-order chi connectivity index (χ0) is 22.1. The summed E-state index contributed by atoms with van der Waals surface area (Å²) in [6.07, 6.45) is 15.9. The Morgan fingerprint density at radius 2 is 2.00 bits per heavy atom. The van der Waals surface area contributed by atoms with Crippen molar-refractivity contribution >= 4 is 0 Å². The minimum atomic E-state index is -0.537. The Hall–Kier alpha value is -0.860. The van der Waals surface area contributed by atoms with Gasteiger partial charge in [0.25, 0.3) is 0 Å². The molecule has 0 saturated heterocycles. The summed E-state index contributed by atoms with van der Waals surface area (Å²) in [4.78, 5) is 0. The van der Waals surface area contributed by atoms with Crippen LogP contribution in [0.15, 0.2) is 35.5 Å². The Balaban J connectivity index is 1.70. The van der Waals surface area contributed by atoms with E-state index in [2.05, 4.69) is 39.5 Å². The summed E-state index contributed by atoms with van der Waals surface area (Å²) < 4.78 is 0. The lowest BCUT2D eigenvalue weighted by Crippen LogP contribution is -2.36. The third-order valence-corrected chi connectivity index (χ3v) is 8.76. The summed E-state index contributed by atoms with van der Waals surface area (Å²) in [5.41, 5.74) is 4.01. The quantitative estimate of drug-likeness (QED) is 0.492. The molecular formula is C28H46O2. The molecule has 0 amide bonds. The van der Waals surface area contributed by atoms with Gasteiger partial charge in [-0.2, -0.15) is 0 Å². The summed E-state index contributed by atoms with van der Waals surface area (Å²) in [7, 11) is 0. The average Bonchev–Trinajstić information content (AvgIpc) is 3.00. The van der Waals surface area contributed by atoms with Crippen LogP contribution in [0.4, 0.5) is 0 Å². The van der Waals surface area contributed by atoms with Crippen LogP contribution >= 0.6 is 0 Å². The van der Waals surface area contributed by atoms with Crippen molar-refractivity contribution in [2.75, 3.05) is 0 Å². The van der Waals surface area contributed by atoms with Gasteiger partial charge in [-0.3, -0.25) is 0 Å². The van der Waals surface area contributed by atoms with Gasteiger partial charge in [0.1, 0.15) is 0 Å². The van der Waals surface area contributed by atoms with E-state index in [-0.39, 0.29) is 6.10 Å². The van der Waals surface area contributed by atoms with Crippen LogP contribution in [0.2, 0.25) is 0 Å². The third-order valence-electron chi connectivity index (χ3n) is 8.76. The topological polar surface area (TPSA) is 40.5 Å². The van der Waals surface area contributed by atoms with Crippen molar-refractivity contribution in [2.24, 2.45) is 29.1 Å². The van der Waals surface area contributed by atoms with Gasteiger partial charge in [-0.1, -0.05) is 57.9 Å². The summed E-state index contributed by atoms with van der Waals surface area (Å²) in [6.45, 7) is 15.4. The highest BCUT2D eigenvalue weighted by Gasteiger charge is 2.50.